The molecule has 0 aliphatic carbocycles. The van der Waals surface area contributed by atoms with Crippen molar-refractivity contribution in [3.8, 4) is 0 Å². The number of carbonyl (C=O) groups is 1. The molecule has 0 aromatic carbocycles. The largest absolute Gasteiger partial charge is 0.409 e. The van der Waals surface area contributed by atoms with Gasteiger partial charge in [-0.3, -0.25) is 4.79 Å². The summed E-state index contributed by atoms with van der Waals surface area (Å²) >= 11 is 1.45. The number of amides is 1. The molecule has 5 nitrogen and oxygen atoms in total. The third-order valence-electron chi connectivity index (χ3n) is 2.34. The molecule has 6 heteroatoms. The summed E-state index contributed by atoms with van der Waals surface area (Å²) in [5.41, 5.74) is 6.33. The van der Waals surface area contributed by atoms with E-state index in [9.17, 15) is 4.79 Å². The second kappa shape index (κ2) is 6.90. The number of unbranched alkanes of at least 4 members (excludes halogenated alkanes) is 1. The first-order chi connectivity index (χ1) is 8.15. The van der Waals surface area contributed by atoms with Crippen molar-refractivity contribution in [2.75, 3.05) is 6.54 Å². The van der Waals surface area contributed by atoms with Crippen LogP contribution in [-0.4, -0.2) is 23.5 Å². The lowest BCUT2D eigenvalue weighted by Crippen LogP contribution is -2.24. The molecule has 0 radical (unpaired) electrons. The third-order valence-corrected chi connectivity index (χ3v) is 3.36. The lowest BCUT2D eigenvalue weighted by molar-refractivity contribution is 0.0956. The van der Waals surface area contributed by atoms with Gasteiger partial charge in [0.05, 0.1) is 4.88 Å². The zero-order valence-corrected chi connectivity index (χ0v) is 10.6. The lowest BCUT2D eigenvalue weighted by Gasteiger charge is -2.04. The van der Waals surface area contributed by atoms with Gasteiger partial charge >= 0.3 is 0 Å². The minimum Gasteiger partial charge on any atom is -0.409 e. The Hall–Kier alpha value is -1.56. The molecule has 0 saturated heterocycles. The van der Waals surface area contributed by atoms with Crippen molar-refractivity contribution in [3.63, 3.8) is 0 Å². The summed E-state index contributed by atoms with van der Waals surface area (Å²) in [6.07, 6.45) is 2.15. The highest BCUT2D eigenvalue weighted by molar-refractivity contribution is 7.12. The van der Waals surface area contributed by atoms with Crippen molar-refractivity contribution in [1.82, 2.24) is 5.32 Å². The van der Waals surface area contributed by atoms with Gasteiger partial charge in [0.1, 0.15) is 5.84 Å². The summed E-state index contributed by atoms with van der Waals surface area (Å²) in [4.78, 5) is 12.5. The van der Waals surface area contributed by atoms with Gasteiger partial charge in [0.15, 0.2) is 0 Å². The molecule has 1 rings (SSSR count). The van der Waals surface area contributed by atoms with Gasteiger partial charge < -0.3 is 16.3 Å². The number of nitrogens with one attached hydrogen (secondary N) is 1. The van der Waals surface area contributed by atoms with Crippen LogP contribution in [-0.2, 0) is 0 Å². The van der Waals surface area contributed by atoms with Crippen LogP contribution in [0.15, 0.2) is 16.6 Å². The molecule has 4 N–H and O–H groups in total. The summed E-state index contributed by atoms with van der Waals surface area (Å²) in [7, 11) is 0. The van der Waals surface area contributed by atoms with Gasteiger partial charge in [0, 0.05) is 13.0 Å². The van der Waals surface area contributed by atoms with Crippen molar-refractivity contribution in [2.45, 2.75) is 26.2 Å². The minimum atomic E-state index is -0.0266. The highest BCUT2D eigenvalue weighted by Gasteiger charge is 2.08. The summed E-state index contributed by atoms with van der Waals surface area (Å²) < 4.78 is 0. The molecule has 0 aliphatic rings. The lowest BCUT2D eigenvalue weighted by atomic mass is 10.2. The molecule has 1 aromatic heterocycles. The number of carbonyl (C=O) groups excluding carboxylic acids is 1. The Morgan fingerprint density at radius 3 is 2.94 bits per heavy atom. The second-order valence-corrected chi connectivity index (χ2v) is 4.65. The summed E-state index contributed by atoms with van der Waals surface area (Å²) in [5.74, 6) is 0.201. The maximum absolute atomic E-state index is 11.7. The van der Waals surface area contributed by atoms with Gasteiger partial charge in [-0.25, -0.2) is 0 Å². The van der Waals surface area contributed by atoms with Gasteiger partial charge in [-0.1, -0.05) is 5.16 Å². The number of hydrogen-bond donors (Lipinski definition) is 3. The Morgan fingerprint density at radius 1 is 1.59 bits per heavy atom. The number of nitrogens with zero attached hydrogens (tertiary/aromatic N) is 1. The van der Waals surface area contributed by atoms with Gasteiger partial charge in [-0.15, -0.1) is 11.3 Å². The van der Waals surface area contributed by atoms with Gasteiger partial charge in [-0.05, 0) is 36.8 Å². The van der Waals surface area contributed by atoms with E-state index in [4.69, 9.17) is 10.9 Å². The van der Waals surface area contributed by atoms with Crippen LogP contribution in [0.25, 0.3) is 0 Å². The van der Waals surface area contributed by atoms with E-state index < -0.39 is 0 Å². The predicted octanol–water partition coefficient (Wildman–Crippen LogP) is 1.70. The molecule has 0 fully saturated rings. The SMILES string of the molecule is Cc1ccsc1C(=O)NCCCCC(N)=NO. The number of rotatable bonds is 6. The number of amidine groups is 1. The fourth-order valence-electron chi connectivity index (χ4n) is 1.37. The van der Waals surface area contributed by atoms with Crippen molar-refractivity contribution in [2.24, 2.45) is 10.9 Å². The number of thiophene rings is 1. The number of oxime groups is 1. The van der Waals surface area contributed by atoms with E-state index in [0.29, 0.717) is 13.0 Å². The second-order valence-electron chi connectivity index (χ2n) is 3.74. The summed E-state index contributed by atoms with van der Waals surface area (Å²) in [6.45, 7) is 2.53. The molecule has 0 saturated carbocycles. The average Bonchev–Trinajstić information content (AvgIpc) is 2.74. The summed E-state index contributed by atoms with van der Waals surface area (Å²) in [6, 6.07) is 1.93. The maximum Gasteiger partial charge on any atom is 0.261 e. The highest BCUT2D eigenvalue weighted by Crippen LogP contribution is 2.14. The van der Waals surface area contributed by atoms with Crippen LogP contribution in [0.4, 0.5) is 0 Å². The average molecular weight is 255 g/mol. The van der Waals surface area contributed by atoms with Crippen LogP contribution in [0.2, 0.25) is 0 Å². The van der Waals surface area contributed by atoms with Crippen LogP contribution in [0.5, 0.6) is 0 Å². The first-order valence-electron chi connectivity index (χ1n) is 5.44. The maximum atomic E-state index is 11.7. The standard InChI is InChI=1S/C11H17N3O2S/c1-8-5-7-17-10(8)11(15)13-6-3-2-4-9(12)14-16/h5,7,16H,2-4,6H2,1H3,(H2,12,14)(H,13,15). The summed E-state index contributed by atoms with van der Waals surface area (Å²) in [5, 5.41) is 16.0. The number of aryl methyl sites for hydroxylation is 1. The van der Waals surface area contributed by atoms with Gasteiger partial charge in [0.25, 0.3) is 5.91 Å². The van der Waals surface area contributed by atoms with Crippen LogP contribution < -0.4 is 11.1 Å². The highest BCUT2D eigenvalue weighted by atomic mass is 32.1. The molecule has 1 amide bonds. The number of nitrogens with two attached hydrogens (primary N) is 1. The molecule has 0 aliphatic heterocycles. The molecule has 1 aromatic rings. The van der Waals surface area contributed by atoms with Crippen LogP contribution in [0, 0.1) is 6.92 Å². The van der Waals surface area contributed by atoms with E-state index >= 15 is 0 Å². The van der Waals surface area contributed by atoms with E-state index in [1.54, 1.807) is 0 Å². The fraction of sp³-hybridized carbons (Fsp3) is 0.455. The Bertz CT molecular complexity index is 401. The molecule has 94 valence electrons. The van der Waals surface area contributed by atoms with Crippen LogP contribution in [0.1, 0.15) is 34.5 Å². The van der Waals surface area contributed by atoms with Crippen LogP contribution >= 0.6 is 11.3 Å². The first kappa shape index (κ1) is 13.5. The molecule has 0 unspecified atom stereocenters. The molecule has 0 atom stereocenters. The van der Waals surface area contributed by atoms with Gasteiger partial charge in [0.2, 0.25) is 0 Å². The van der Waals surface area contributed by atoms with Crippen molar-refractivity contribution in [1.29, 1.82) is 0 Å². The van der Waals surface area contributed by atoms with E-state index in [-0.39, 0.29) is 11.7 Å². The van der Waals surface area contributed by atoms with Crippen molar-refractivity contribution < 1.29 is 10.0 Å². The van der Waals surface area contributed by atoms with E-state index in [1.807, 2.05) is 18.4 Å². The molecule has 0 spiro atoms. The molecular weight excluding hydrogens is 238 g/mol. The molecular formula is C11H17N3O2S. The quantitative estimate of drug-likeness (QED) is 0.238. The topological polar surface area (TPSA) is 87.7 Å². The van der Waals surface area contributed by atoms with Crippen LogP contribution in [0.3, 0.4) is 0 Å². The molecule has 0 bridgehead atoms. The van der Waals surface area contributed by atoms with E-state index in [1.165, 1.54) is 11.3 Å². The Labute approximate surface area is 104 Å². The minimum absolute atomic E-state index is 0.0266. The zero-order valence-electron chi connectivity index (χ0n) is 9.77. The van der Waals surface area contributed by atoms with Crippen molar-refractivity contribution >= 4 is 23.1 Å². The third kappa shape index (κ3) is 4.44. The van der Waals surface area contributed by atoms with Gasteiger partial charge in [-0.2, -0.15) is 0 Å². The smallest absolute Gasteiger partial charge is 0.261 e. The Kier molecular flexibility index (Phi) is 5.48. The first-order valence-corrected chi connectivity index (χ1v) is 6.32. The normalized spacial score (nSPS) is 11.5. The van der Waals surface area contributed by atoms with E-state index in [2.05, 4.69) is 10.5 Å². The number of hydrogen-bond acceptors (Lipinski definition) is 4. The predicted molar refractivity (Wildman–Crippen MR) is 68.6 cm³/mol. The monoisotopic (exact) mass is 255 g/mol. The Balaban J connectivity index is 2.20. The van der Waals surface area contributed by atoms with E-state index in [0.717, 1.165) is 23.3 Å². The molecule has 17 heavy (non-hydrogen) atoms. The zero-order chi connectivity index (χ0) is 12.7. The van der Waals surface area contributed by atoms with Crippen molar-refractivity contribution in [3.05, 3.63) is 21.9 Å². The molecule has 1 heterocycles. The fourth-order valence-corrected chi connectivity index (χ4v) is 2.21. The Morgan fingerprint density at radius 2 is 2.35 bits per heavy atom.